The molecule has 1 heterocycles. The van der Waals surface area contributed by atoms with Crippen LogP contribution < -0.4 is 5.32 Å². The van der Waals surface area contributed by atoms with Gasteiger partial charge in [0.05, 0.1) is 22.5 Å². The predicted octanol–water partition coefficient (Wildman–Crippen LogP) is 3.55. The summed E-state index contributed by atoms with van der Waals surface area (Å²) in [6, 6.07) is 12.6. The zero-order chi connectivity index (χ0) is 20.5. The largest absolute Gasteiger partial charge is 0.435 e. The molecule has 3 aromatic rings. The number of alkyl halides is 3. The molecular weight excluding hydrogens is 395 g/mol. The Kier molecular flexibility index (Phi) is 4.99. The van der Waals surface area contributed by atoms with Crippen LogP contribution in [-0.2, 0) is 16.0 Å². The van der Waals surface area contributed by atoms with Crippen molar-refractivity contribution in [2.45, 2.75) is 11.1 Å². The lowest BCUT2D eigenvalue weighted by Crippen LogP contribution is -2.18. The van der Waals surface area contributed by atoms with Gasteiger partial charge in [-0.2, -0.15) is 18.3 Å². The number of anilines is 1. The Balaban J connectivity index is 2.01. The van der Waals surface area contributed by atoms with Gasteiger partial charge in [-0.1, -0.05) is 18.2 Å². The van der Waals surface area contributed by atoms with Crippen molar-refractivity contribution in [2.75, 3.05) is 11.6 Å². The normalized spacial score (nSPS) is 12.0. The van der Waals surface area contributed by atoms with Crippen molar-refractivity contribution in [3.8, 4) is 5.69 Å². The van der Waals surface area contributed by atoms with Gasteiger partial charge in [0, 0.05) is 11.8 Å². The number of carbonyl (C=O) groups is 1. The predicted molar refractivity (Wildman–Crippen MR) is 96.1 cm³/mol. The van der Waals surface area contributed by atoms with Crippen molar-refractivity contribution in [1.29, 1.82) is 0 Å². The first-order valence-corrected chi connectivity index (χ1v) is 9.78. The number of benzene rings is 2. The van der Waals surface area contributed by atoms with Crippen molar-refractivity contribution >= 4 is 21.4 Å². The Bertz CT molecular complexity index is 1110. The number of hydrogen-bond donors (Lipinski definition) is 1. The highest BCUT2D eigenvalue weighted by atomic mass is 32.2. The number of hydrogen-bond acceptors (Lipinski definition) is 4. The Labute approximate surface area is 158 Å². The van der Waals surface area contributed by atoms with E-state index in [1.54, 1.807) is 18.2 Å². The van der Waals surface area contributed by atoms with Crippen LogP contribution in [0.1, 0.15) is 16.1 Å². The first-order valence-electron chi connectivity index (χ1n) is 7.89. The van der Waals surface area contributed by atoms with Crippen molar-refractivity contribution in [3.05, 3.63) is 72.1 Å². The van der Waals surface area contributed by atoms with E-state index < -0.39 is 33.3 Å². The standard InChI is InChI=1S/C18H14F3N3O3S/c1-28(26,27)14-9-7-13(8-10-14)24-16(18(19,20)21)15(11-22-24)23-17(25)12-5-3-2-4-6-12/h2-11H,1H3,(H,23,25). The first-order chi connectivity index (χ1) is 13.1. The van der Waals surface area contributed by atoms with E-state index in [-0.39, 0.29) is 16.1 Å². The lowest BCUT2D eigenvalue weighted by atomic mass is 10.2. The van der Waals surface area contributed by atoms with E-state index in [2.05, 4.69) is 10.4 Å². The van der Waals surface area contributed by atoms with E-state index in [9.17, 15) is 26.4 Å². The van der Waals surface area contributed by atoms with Gasteiger partial charge < -0.3 is 5.32 Å². The zero-order valence-corrected chi connectivity index (χ0v) is 15.3. The summed E-state index contributed by atoms with van der Waals surface area (Å²) in [7, 11) is -3.49. The number of amides is 1. The fourth-order valence-corrected chi connectivity index (χ4v) is 3.16. The molecule has 28 heavy (non-hydrogen) atoms. The SMILES string of the molecule is CS(=O)(=O)c1ccc(-n2ncc(NC(=O)c3ccccc3)c2C(F)(F)F)cc1. The number of nitrogens with one attached hydrogen (secondary N) is 1. The average Bonchev–Trinajstić information content (AvgIpc) is 3.06. The summed E-state index contributed by atoms with van der Waals surface area (Å²) in [5.74, 6) is -0.710. The van der Waals surface area contributed by atoms with Crippen LogP contribution in [-0.4, -0.2) is 30.4 Å². The molecule has 1 amide bonds. The lowest BCUT2D eigenvalue weighted by molar-refractivity contribution is -0.142. The van der Waals surface area contributed by atoms with Crippen molar-refractivity contribution in [1.82, 2.24) is 9.78 Å². The lowest BCUT2D eigenvalue weighted by Gasteiger charge is -2.13. The van der Waals surface area contributed by atoms with E-state index in [0.29, 0.717) is 4.68 Å². The van der Waals surface area contributed by atoms with E-state index in [4.69, 9.17) is 0 Å². The third kappa shape index (κ3) is 4.06. The van der Waals surface area contributed by atoms with Crippen molar-refractivity contribution in [2.24, 2.45) is 0 Å². The quantitative estimate of drug-likeness (QED) is 0.715. The van der Waals surface area contributed by atoms with Crippen LogP contribution in [0.4, 0.5) is 18.9 Å². The second-order valence-electron chi connectivity index (χ2n) is 5.90. The molecule has 0 aliphatic rings. The van der Waals surface area contributed by atoms with Gasteiger partial charge in [0.25, 0.3) is 5.91 Å². The summed E-state index contributed by atoms with van der Waals surface area (Å²) >= 11 is 0. The van der Waals surface area contributed by atoms with E-state index in [0.717, 1.165) is 12.5 Å². The van der Waals surface area contributed by atoms with Crippen molar-refractivity contribution < 1.29 is 26.4 Å². The molecule has 0 spiro atoms. The molecule has 146 valence electrons. The van der Waals surface area contributed by atoms with E-state index >= 15 is 0 Å². The molecule has 0 saturated carbocycles. The molecule has 0 radical (unpaired) electrons. The molecule has 6 nitrogen and oxygen atoms in total. The molecule has 0 fully saturated rings. The fraction of sp³-hybridized carbons (Fsp3) is 0.111. The molecule has 0 bridgehead atoms. The minimum Gasteiger partial charge on any atom is -0.319 e. The summed E-state index contributed by atoms with van der Waals surface area (Å²) in [5, 5.41) is 5.94. The number of halogens is 3. The van der Waals surface area contributed by atoms with Gasteiger partial charge >= 0.3 is 6.18 Å². The molecular formula is C18H14F3N3O3S. The van der Waals surface area contributed by atoms with Crippen LogP contribution >= 0.6 is 0 Å². The molecule has 0 aliphatic carbocycles. The average molecular weight is 409 g/mol. The second-order valence-corrected chi connectivity index (χ2v) is 7.92. The Hall–Kier alpha value is -3.14. The maximum Gasteiger partial charge on any atom is 0.435 e. The van der Waals surface area contributed by atoms with Gasteiger partial charge in [0.2, 0.25) is 0 Å². The Morgan fingerprint density at radius 2 is 1.64 bits per heavy atom. The van der Waals surface area contributed by atoms with Crippen molar-refractivity contribution in [3.63, 3.8) is 0 Å². The minimum atomic E-state index is -4.81. The molecule has 2 aromatic carbocycles. The van der Waals surface area contributed by atoms with E-state index in [1.165, 1.54) is 36.4 Å². The second kappa shape index (κ2) is 7.12. The highest BCUT2D eigenvalue weighted by molar-refractivity contribution is 7.90. The molecule has 3 rings (SSSR count). The van der Waals surface area contributed by atoms with Crippen LogP contribution in [0, 0.1) is 0 Å². The molecule has 0 unspecified atom stereocenters. The number of nitrogens with zero attached hydrogens (tertiary/aromatic N) is 2. The molecule has 0 saturated heterocycles. The Morgan fingerprint density at radius 1 is 1.04 bits per heavy atom. The third-order valence-electron chi connectivity index (χ3n) is 3.83. The van der Waals surface area contributed by atoms with Gasteiger partial charge in [-0.25, -0.2) is 13.1 Å². The summed E-state index contributed by atoms with van der Waals surface area (Å²) in [5.41, 5.74) is -1.49. The summed E-state index contributed by atoms with van der Waals surface area (Å²) in [6.07, 6.45) is -2.92. The summed E-state index contributed by atoms with van der Waals surface area (Å²) in [6.45, 7) is 0. The fourth-order valence-electron chi connectivity index (χ4n) is 2.53. The number of aromatic nitrogens is 2. The zero-order valence-electron chi connectivity index (χ0n) is 14.4. The molecule has 0 atom stereocenters. The summed E-state index contributed by atoms with van der Waals surface area (Å²) in [4.78, 5) is 12.2. The van der Waals surface area contributed by atoms with Crippen LogP contribution in [0.3, 0.4) is 0 Å². The van der Waals surface area contributed by atoms with Gasteiger partial charge in [-0.15, -0.1) is 0 Å². The highest BCUT2D eigenvalue weighted by Crippen LogP contribution is 2.36. The maximum absolute atomic E-state index is 13.6. The summed E-state index contributed by atoms with van der Waals surface area (Å²) < 4.78 is 64.6. The smallest absolute Gasteiger partial charge is 0.319 e. The van der Waals surface area contributed by atoms with Gasteiger partial charge in [-0.3, -0.25) is 4.79 Å². The number of rotatable bonds is 4. The molecule has 1 N–H and O–H groups in total. The number of carbonyl (C=O) groups excluding carboxylic acids is 1. The number of sulfone groups is 1. The molecule has 0 aliphatic heterocycles. The van der Waals surface area contributed by atoms with Crippen LogP contribution in [0.15, 0.2) is 65.7 Å². The molecule has 1 aromatic heterocycles. The maximum atomic E-state index is 13.6. The van der Waals surface area contributed by atoms with Gasteiger partial charge in [-0.05, 0) is 36.4 Å². The Morgan fingerprint density at radius 3 is 2.18 bits per heavy atom. The monoisotopic (exact) mass is 409 g/mol. The first kappa shape index (κ1) is 19.6. The van der Waals surface area contributed by atoms with Crippen LogP contribution in [0.5, 0.6) is 0 Å². The van der Waals surface area contributed by atoms with E-state index in [1.807, 2.05) is 0 Å². The van der Waals surface area contributed by atoms with Gasteiger partial charge in [0.15, 0.2) is 15.5 Å². The topological polar surface area (TPSA) is 81.1 Å². The third-order valence-corrected chi connectivity index (χ3v) is 4.96. The highest BCUT2D eigenvalue weighted by Gasteiger charge is 2.39. The van der Waals surface area contributed by atoms with Gasteiger partial charge in [0.1, 0.15) is 0 Å². The molecule has 10 heteroatoms. The van der Waals surface area contributed by atoms with Crippen LogP contribution in [0.2, 0.25) is 0 Å². The van der Waals surface area contributed by atoms with Crippen LogP contribution in [0.25, 0.3) is 5.69 Å². The minimum absolute atomic E-state index is 0.0000601.